The fraction of sp³-hybridized carbons (Fsp3) is 0.600. The molecule has 1 spiro atoms. The lowest BCUT2D eigenvalue weighted by Crippen LogP contribution is -2.49. The molecule has 1 aliphatic carbocycles. The van der Waals surface area contributed by atoms with Gasteiger partial charge < -0.3 is 15.1 Å². The zero-order valence-corrected chi connectivity index (χ0v) is 11.7. The number of amides is 2. The van der Waals surface area contributed by atoms with Crippen LogP contribution in [0.3, 0.4) is 0 Å². The Bertz CT molecular complexity index is 527. The third kappa shape index (κ3) is 2.44. The van der Waals surface area contributed by atoms with Gasteiger partial charge in [0, 0.05) is 18.0 Å². The second-order valence-corrected chi connectivity index (χ2v) is 5.97. The van der Waals surface area contributed by atoms with Gasteiger partial charge in [0.15, 0.2) is 0 Å². The first-order valence-corrected chi connectivity index (χ1v) is 7.24. The van der Waals surface area contributed by atoms with Gasteiger partial charge in [0.05, 0.1) is 11.8 Å². The van der Waals surface area contributed by atoms with Crippen LogP contribution in [0.4, 0.5) is 0 Å². The molecule has 1 saturated carbocycles. The lowest BCUT2D eigenvalue weighted by molar-refractivity contribution is -0.120. The van der Waals surface area contributed by atoms with Gasteiger partial charge in [-0.25, -0.2) is 0 Å². The van der Waals surface area contributed by atoms with E-state index in [9.17, 15) is 9.59 Å². The summed E-state index contributed by atoms with van der Waals surface area (Å²) in [5.74, 6) is 0.756. The number of nitrogens with one attached hydrogen (secondary N) is 2. The van der Waals surface area contributed by atoms with Gasteiger partial charge >= 0.3 is 0 Å². The van der Waals surface area contributed by atoms with E-state index in [0.29, 0.717) is 17.7 Å². The van der Waals surface area contributed by atoms with Crippen molar-refractivity contribution in [2.75, 3.05) is 0 Å². The predicted molar refractivity (Wildman–Crippen MR) is 73.3 cm³/mol. The Kier molecular flexibility index (Phi) is 3.28. The van der Waals surface area contributed by atoms with Gasteiger partial charge in [-0.15, -0.1) is 0 Å². The maximum Gasteiger partial charge on any atom is 0.255 e. The van der Waals surface area contributed by atoms with Crippen molar-refractivity contribution in [1.29, 1.82) is 0 Å². The van der Waals surface area contributed by atoms with Gasteiger partial charge in [-0.05, 0) is 45.1 Å². The number of hydrogen-bond acceptors (Lipinski definition) is 3. The van der Waals surface area contributed by atoms with E-state index in [0.717, 1.165) is 32.1 Å². The van der Waals surface area contributed by atoms with Gasteiger partial charge in [0.1, 0.15) is 5.76 Å². The lowest BCUT2D eigenvalue weighted by Gasteiger charge is -2.37. The topological polar surface area (TPSA) is 71.3 Å². The Morgan fingerprint density at radius 1 is 1.40 bits per heavy atom. The largest absolute Gasteiger partial charge is 0.469 e. The Labute approximate surface area is 118 Å². The molecule has 1 aromatic rings. The Hall–Kier alpha value is -1.78. The monoisotopic (exact) mass is 276 g/mol. The van der Waals surface area contributed by atoms with Crippen LogP contribution in [0.2, 0.25) is 0 Å². The minimum atomic E-state index is -0.0624. The number of carbonyl (C=O) groups excluding carboxylic acids is 2. The summed E-state index contributed by atoms with van der Waals surface area (Å²) in [4.78, 5) is 23.5. The highest BCUT2D eigenvalue weighted by molar-refractivity contribution is 5.95. The zero-order valence-electron chi connectivity index (χ0n) is 11.7. The van der Waals surface area contributed by atoms with Gasteiger partial charge in [-0.3, -0.25) is 9.59 Å². The van der Waals surface area contributed by atoms with E-state index in [4.69, 9.17) is 4.42 Å². The first-order valence-electron chi connectivity index (χ1n) is 7.24. The van der Waals surface area contributed by atoms with Gasteiger partial charge in [0.2, 0.25) is 5.91 Å². The normalized spacial score (nSPS) is 29.4. The lowest BCUT2D eigenvalue weighted by atomic mass is 9.78. The minimum absolute atomic E-state index is 0.00384. The second kappa shape index (κ2) is 4.96. The fourth-order valence-corrected chi connectivity index (χ4v) is 3.35. The summed E-state index contributed by atoms with van der Waals surface area (Å²) in [6.07, 6.45) is 6.86. The van der Waals surface area contributed by atoms with Crippen molar-refractivity contribution in [3.05, 3.63) is 23.7 Å². The summed E-state index contributed by atoms with van der Waals surface area (Å²) in [6, 6.07) is 1.89. The number of furan rings is 1. The van der Waals surface area contributed by atoms with Gasteiger partial charge in [-0.1, -0.05) is 0 Å². The molecule has 2 N–H and O–H groups in total. The van der Waals surface area contributed by atoms with Gasteiger partial charge in [-0.2, -0.15) is 0 Å². The molecular formula is C15H20N2O3. The Morgan fingerprint density at radius 3 is 2.70 bits per heavy atom. The van der Waals surface area contributed by atoms with E-state index in [1.54, 1.807) is 13.0 Å². The highest BCUT2D eigenvalue weighted by atomic mass is 16.3. The quantitative estimate of drug-likeness (QED) is 0.866. The Balaban J connectivity index is 1.55. The highest BCUT2D eigenvalue weighted by Crippen LogP contribution is 2.35. The summed E-state index contributed by atoms with van der Waals surface area (Å²) in [7, 11) is 0. The van der Waals surface area contributed by atoms with Crippen molar-refractivity contribution < 1.29 is 14.0 Å². The molecule has 0 aromatic carbocycles. The fourth-order valence-electron chi connectivity index (χ4n) is 3.35. The maximum atomic E-state index is 12.1. The molecule has 1 aliphatic heterocycles. The van der Waals surface area contributed by atoms with E-state index in [-0.39, 0.29) is 23.4 Å². The average Bonchev–Trinajstić information content (AvgIpc) is 3.00. The van der Waals surface area contributed by atoms with E-state index >= 15 is 0 Å². The maximum absolute atomic E-state index is 12.1. The molecule has 5 heteroatoms. The molecule has 5 nitrogen and oxygen atoms in total. The molecule has 0 unspecified atom stereocenters. The van der Waals surface area contributed by atoms with Crippen molar-refractivity contribution in [3.63, 3.8) is 0 Å². The minimum Gasteiger partial charge on any atom is -0.469 e. The summed E-state index contributed by atoms with van der Waals surface area (Å²) in [6.45, 7) is 1.79. The first kappa shape index (κ1) is 13.2. The summed E-state index contributed by atoms with van der Waals surface area (Å²) < 4.78 is 5.15. The molecule has 0 bridgehead atoms. The van der Waals surface area contributed by atoms with E-state index in [1.807, 2.05) is 0 Å². The summed E-state index contributed by atoms with van der Waals surface area (Å²) >= 11 is 0. The van der Waals surface area contributed by atoms with Crippen LogP contribution in [0, 0.1) is 6.92 Å². The van der Waals surface area contributed by atoms with Crippen LogP contribution in [0.5, 0.6) is 0 Å². The van der Waals surface area contributed by atoms with E-state index in [2.05, 4.69) is 10.6 Å². The van der Waals surface area contributed by atoms with Crippen LogP contribution in [-0.4, -0.2) is 23.4 Å². The third-order valence-corrected chi connectivity index (χ3v) is 4.62. The highest BCUT2D eigenvalue weighted by Gasteiger charge is 2.40. The first-order chi connectivity index (χ1) is 9.58. The van der Waals surface area contributed by atoms with Crippen LogP contribution in [0.15, 0.2) is 16.7 Å². The molecule has 2 aliphatic rings. The van der Waals surface area contributed by atoms with E-state index in [1.165, 1.54) is 6.26 Å². The third-order valence-electron chi connectivity index (χ3n) is 4.62. The molecule has 2 fully saturated rings. The summed E-state index contributed by atoms with van der Waals surface area (Å²) in [5, 5.41) is 6.18. The molecule has 2 heterocycles. The van der Waals surface area contributed by atoms with Crippen molar-refractivity contribution in [2.45, 2.75) is 57.0 Å². The van der Waals surface area contributed by atoms with Crippen LogP contribution in [-0.2, 0) is 4.79 Å². The van der Waals surface area contributed by atoms with Crippen molar-refractivity contribution in [1.82, 2.24) is 10.6 Å². The smallest absolute Gasteiger partial charge is 0.255 e. The Morgan fingerprint density at radius 2 is 2.15 bits per heavy atom. The molecule has 0 atom stereocenters. The molecule has 20 heavy (non-hydrogen) atoms. The van der Waals surface area contributed by atoms with E-state index < -0.39 is 0 Å². The van der Waals surface area contributed by atoms with Crippen LogP contribution >= 0.6 is 0 Å². The second-order valence-electron chi connectivity index (χ2n) is 5.97. The number of aryl methyl sites for hydroxylation is 1. The summed E-state index contributed by atoms with van der Waals surface area (Å²) in [5.41, 5.74) is 0.614. The molecule has 1 saturated heterocycles. The van der Waals surface area contributed by atoms with Gasteiger partial charge in [0.25, 0.3) is 5.91 Å². The molecule has 3 rings (SSSR count). The molecular weight excluding hydrogens is 256 g/mol. The number of hydrogen-bond donors (Lipinski definition) is 2. The van der Waals surface area contributed by atoms with Crippen molar-refractivity contribution >= 4 is 11.8 Å². The van der Waals surface area contributed by atoms with Crippen molar-refractivity contribution in [2.24, 2.45) is 0 Å². The molecule has 2 amide bonds. The van der Waals surface area contributed by atoms with Crippen LogP contribution < -0.4 is 10.6 Å². The van der Waals surface area contributed by atoms with Crippen molar-refractivity contribution in [3.8, 4) is 0 Å². The SMILES string of the molecule is Cc1occc1C(=O)NC1CCC2(CCC(=O)N2)CC1. The average molecular weight is 276 g/mol. The number of carbonyl (C=O) groups is 2. The molecule has 1 aromatic heterocycles. The van der Waals surface area contributed by atoms with Crippen LogP contribution in [0.25, 0.3) is 0 Å². The predicted octanol–water partition coefficient (Wildman–Crippen LogP) is 1.91. The zero-order chi connectivity index (χ0) is 14.2. The molecule has 0 radical (unpaired) electrons. The van der Waals surface area contributed by atoms with Crippen LogP contribution in [0.1, 0.15) is 54.6 Å². The molecule has 108 valence electrons. The standard InChI is InChI=1S/C15H20N2O3/c1-10-12(5-9-20-10)14(19)16-11-2-6-15(7-3-11)8-4-13(18)17-15/h5,9,11H,2-4,6-8H2,1H3,(H,16,19)(H,17,18). The number of rotatable bonds is 2.